The molecule has 7 nitrogen and oxygen atoms in total. The van der Waals surface area contributed by atoms with Gasteiger partial charge in [0, 0.05) is 44.5 Å². The molecule has 0 radical (unpaired) electrons. The van der Waals surface area contributed by atoms with Gasteiger partial charge in [0.05, 0.1) is 6.61 Å². The van der Waals surface area contributed by atoms with Gasteiger partial charge < -0.3 is 19.3 Å². The van der Waals surface area contributed by atoms with E-state index in [2.05, 4.69) is 14.9 Å². The summed E-state index contributed by atoms with van der Waals surface area (Å²) in [5.41, 5.74) is 0.885. The van der Waals surface area contributed by atoms with E-state index in [1.165, 1.54) is 0 Å². The van der Waals surface area contributed by atoms with Crippen LogP contribution in [0.15, 0.2) is 6.07 Å². The number of aryl methyl sites for hydroxylation is 1. The van der Waals surface area contributed by atoms with Crippen molar-refractivity contribution in [1.29, 1.82) is 0 Å². The molecule has 1 atom stereocenters. The van der Waals surface area contributed by atoms with Gasteiger partial charge in [-0.05, 0) is 26.7 Å². The lowest BCUT2D eigenvalue weighted by Crippen LogP contribution is -2.51. The van der Waals surface area contributed by atoms with Crippen LogP contribution in [0.25, 0.3) is 0 Å². The Bertz CT molecular complexity index is 552. The number of aromatic nitrogens is 2. The van der Waals surface area contributed by atoms with Gasteiger partial charge in [0.25, 0.3) is 5.91 Å². The van der Waals surface area contributed by atoms with E-state index in [1.807, 2.05) is 24.8 Å². The predicted molar refractivity (Wildman–Crippen MR) is 85.7 cm³/mol. The first kappa shape index (κ1) is 16.0. The maximum absolute atomic E-state index is 12.4. The van der Waals surface area contributed by atoms with E-state index >= 15 is 0 Å². The van der Waals surface area contributed by atoms with Crippen LogP contribution in [-0.4, -0.2) is 66.3 Å². The molecule has 0 spiro atoms. The minimum atomic E-state index is -0.235. The molecule has 2 aliphatic rings. The molecule has 2 fully saturated rings. The maximum atomic E-state index is 12.4. The van der Waals surface area contributed by atoms with Gasteiger partial charge in [-0.25, -0.2) is 4.98 Å². The third-order valence-corrected chi connectivity index (χ3v) is 4.19. The monoisotopic (exact) mass is 320 g/mol. The third kappa shape index (κ3) is 3.72. The van der Waals surface area contributed by atoms with Gasteiger partial charge in [-0.3, -0.25) is 4.79 Å². The highest BCUT2D eigenvalue weighted by atomic mass is 16.5. The van der Waals surface area contributed by atoms with Crippen LogP contribution >= 0.6 is 0 Å². The molecule has 126 valence electrons. The van der Waals surface area contributed by atoms with Crippen molar-refractivity contribution in [3.8, 4) is 5.88 Å². The molecule has 1 aromatic heterocycles. The number of carbonyl (C=O) groups is 1. The number of anilines is 1. The summed E-state index contributed by atoms with van der Waals surface area (Å²) in [6, 6.07) is 1.84. The van der Waals surface area contributed by atoms with Crippen LogP contribution in [0, 0.1) is 6.92 Å². The summed E-state index contributed by atoms with van der Waals surface area (Å²) in [4.78, 5) is 25.3. The molecule has 0 bridgehead atoms. The highest BCUT2D eigenvalue weighted by Crippen LogP contribution is 2.19. The van der Waals surface area contributed by atoms with Gasteiger partial charge in [0.2, 0.25) is 11.8 Å². The lowest BCUT2D eigenvalue weighted by atomic mass is 10.2. The number of rotatable bonds is 4. The number of ether oxygens (including phenoxy) is 2. The first-order valence-corrected chi connectivity index (χ1v) is 8.31. The van der Waals surface area contributed by atoms with E-state index in [-0.39, 0.29) is 12.0 Å². The summed E-state index contributed by atoms with van der Waals surface area (Å²) >= 11 is 0. The number of carbonyl (C=O) groups excluding carboxylic acids is 1. The molecule has 2 saturated heterocycles. The average Bonchev–Trinajstić information content (AvgIpc) is 3.08. The summed E-state index contributed by atoms with van der Waals surface area (Å²) in [5, 5.41) is 0. The second-order valence-corrected chi connectivity index (χ2v) is 5.89. The Labute approximate surface area is 136 Å². The fraction of sp³-hybridized carbons (Fsp3) is 0.688. The number of nitrogens with zero attached hydrogens (tertiary/aromatic N) is 4. The molecule has 1 aromatic rings. The summed E-state index contributed by atoms with van der Waals surface area (Å²) in [7, 11) is 0. The van der Waals surface area contributed by atoms with Crippen LogP contribution in [-0.2, 0) is 9.53 Å². The molecule has 0 saturated carbocycles. The highest BCUT2D eigenvalue weighted by molar-refractivity contribution is 5.81. The van der Waals surface area contributed by atoms with Crippen LogP contribution in [0.5, 0.6) is 5.88 Å². The van der Waals surface area contributed by atoms with E-state index in [1.54, 1.807) is 0 Å². The normalized spacial score (nSPS) is 21.6. The number of hydrogen-bond donors (Lipinski definition) is 0. The van der Waals surface area contributed by atoms with Gasteiger partial charge in [-0.15, -0.1) is 0 Å². The van der Waals surface area contributed by atoms with E-state index in [9.17, 15) is 4.79 Å². The molecular formula is C16H24N4O3. The SMILES string of the molecule is CCOc1cc(C)nc(N2CCN(C(=O)[C@@H]3CCCO3)CC2)n1. The molecule has 0 aromatic carbocycles. The smallest absolute Gasteiger partial charge is 0.251 e. The number of amides is 1. The maximum Gasteiger partial charge on any atom is 0.251 e. The zero-order chi connectivity index (χ0) is 16.2. The van der Waals surface area contributed by atoms with E-state index < -0.39 is 0 Å². The second-order valence-electron chi connectivity index (χ2n) is 5.89. The molecule has 0 aliphatic carbocycles. The van der Waals surface area contributed by atoms with Crippen molar-refractivity contribution < 1.29 is 14.3 Å². The minimum absolute atomic E-state index is 0.127. The van der Waals surface area contributed by atoms with Crippen LogP contribution < -0.4 is 9.64 Å². The molecule has 23 heavy (non-hydrogen) atoms. The molecule has 3 heterocycles. The molecule has 0 N–H and O–H groups in total. The zero-order valence-electron chi connectivity index (χ0n) is 13.8. The van der Waals surface area contributed by atoms with Crippen LogP contribution in [0.3, 0.4) is 0 Å². The third-order valence-electron chi connectivity index (χ3n) is 4.19. The summed E-state index contributed by atoms with van der Waals surface area (Å²) in [6.07, 6.45) is 1.59. The quantitative estimate of drug-likeness (QED) is 0.825. The first-order valence-electron chi connectivity index (χ1n) is 8.31. The fourth-order valence-corrected chi connectivity index (χ4v) is 2.99. The Hall–Kier alpha value is -1.89. The first-order chi connectivity index (χ1) is 11.2. The molecule has 7 heteroatoms. The Kier molecular flexibility index (Phi) is 4.95. The van der Waals surface area contributed by atoms with Crippen molar-refractivity contribution in [2.24, 2.45) is 0 Å². The Morgan fingerprint density at radius 3 is 2.78 bits per heavy atom. The molecule has 3 rings (SSSR count). The van der Waals surface area contributed by atoms with Crippen molar-refractivity contribution in [3.05, 3.63) is 11.8 Å². The lowest BCUT2D eigenvalue weighted by Gasteiger charge is -2.35. The minimum Gasteiger partial charge on any atom is -0.478 e. The fourth-order valence-electron chi connectivity index (χ4n) is 2.99. The second kappa shape index (κ2) is 7.12. The standard InChI is InChI=1S/C16H24N4O3/c1-3-22-14-11-12(2)17-16(18-14)20-8-6-19(7-9-20)15(21)13-5-4-10-23-13/h11,13H,3-10H2,1-2H3/t13-/m0/s1. The van der Waals surface area contributed by atoms with Gasteiger partial charge in [-0.1, -0.05) is 0 Å². The van der Waals surface area contributed by atoms with Crippen molar-refractivity contribution >= 4 is 11.9 Å². The largest absolute Gasteiger partial charge is 0.478 e. The Morgan fingerprint density at radius 1 is 1.35 bits per heavy atom. The molecular weight excluding hydrogens is 296 g/mol. The van der Waals surface area contributed by atoms with Crippen molar-refractivity contribution in [2.75, 3.05) is 44.3 Å². The van der Waals surface area contributed by atoms with Crippen molar-refractivity contribution in [2.45, 2.75) is 32.8 Å². The summed E-state index contributed by atoms with van der Waals surface area (Å²) in [6.45, 7) is 7.98. The van der Waals surface area contributed by atoms with Crippen LogP contribution in [0.1, 0.15) is 25.5 Å². The topological polar surface area (TPSA) is 67.8 Å². The van der Waals surface area contributed by atoms with Gasteiger partial charge in [-0.2, -0.15) is 4.98 Å². The van der Waals surface area contributed by atoms with E-state index in [0.29, 0.717) is 38.1 Å². The van der Waals surface area contributed by atoms with Crippen molar-refractivity contribution in [3.63, 3.8) is 0 Å². The summed E-state index contributed by atoms with van der Waals surface area (Å²) in [5.74, 6) is 1.41. The zero-order valence-corrected chi connectivity index (χ0v) is 13.8. The highest BCUT2D eigenvalue weighted by Gasteiger charge is 2.30. The van der Waals surface area contributed by atoms with Crippen LogP contribution in [0.2, 0.25) is 0 Å². The average molecular weight is 320 g/mol. The van der Waals surface area contributed by atoms with E-state index in [4.69, 9.17) is 9.47 Å². The number of hydrogen-bond acceptors (Lipinski definition) is 6. The lowest BCUT2D eigenvalue weighted by molar-refractivity contribution is -0.141. The van der Waals surface area contributed by atoms with Gasteiger partial charge in [0.15, 0.2) is 0 Å². The molecule has 1 amide bonds. The van der Waals surface area contributed by atoms with E-state index in [0.717, 1.165) is 31.6 Å². The predicted octanol–water partition coefficient (Wildman–Crippen LogP) is 1.01. The van der Waals surface area contributed by atoms with Gasteiger partial charge >= 0.3 is 0 Å². The Balaban J connectivity index is 1.61. The molecule has 2 aliphatic heterocycles. The van der Waals surface area contributed by atoms with Crippen molar-refractivity contribution in [1.82, 2.24) is 14.9 Å². The summed E-state index contributed by atoms with van der Waals surface area (Å²) < 4.78 is 11.0. The number of piperazine rings is 1. The Morgan fingerprint density at radius 2 is 2.13 bits per heavy atom. The van der Waals surface area contributed by atoms with Gasteiger partial charge in [0.1, 0.15) is 6.10 Å². The van der Waals surface area contributed by atoms with Crippen LogP contribution in [0.4, 0.5) is 5.95 Å². The molecule has 0 unspecified atom stereocenters.